The van der Waals surface area contributed by atoms with Gasteiger partial charge in [0.1, 0.15) is 4.47 Å². The molecule has 0 spiro atoms. The highest BCUT2D eigenvalue weighted by atomic mass is 79.9. The third kappa shape index (κ3) is 3.00. The van der Waals surface area contributed by atoms with E-state index in [0.717, 1.165) is 25.3 Å². The van der Waals surface area contributed by atoms with Crippen LogP contribution in [0.2, 0.25) is 0 Å². The highest BCUT2D eigenvalue weighted by Gasteiger charge is 2.35. The molecule has 2 atom stereocenters. The Kier molecular flexibility index (Phi) is 4.61. The van der Waals surface area contributed by atoms with E-state index < -0.39 is 0 Å². The van der Waals surface area contributed by atoms with Crippen molar-refractivity contribution in [1.29, 1.82) is 0 Å². The minimum Gasteiger partial charge on any atom is -0.383 e. The fourth-order valence-electron chi connectivity index (χ4n) is 3.26. The molecule has 0 aromatic carbocycles. The van der Waals surface area contributed by atoms with Gasteiger partial charge in [0.25, 0.3) is 5.56 Å². The van der Waals surface area contributed by atoms with Crippen molar-refractivity contribution in [1.82, 2.24) is 15.1 Å². The van der Waals surface area contributed by atoms with Crippen molar-refractivity contribution in [2.45, 2.75) is 25.4 Å². The van der Waals surface area contributed by atoms with E-state index in [4.69, 9.17) is 4.74 Å². The zero-order valence-electron chi connectivity index (χ0n) is 12.2. The van der Waals surface area contributed by atoms with Gasteiger partial charge in [-0.2, -0.15) is 5.10 Å². The topological polar surface area (TPSA) is 59.4 Å². The summed E-state index contributed by atoms with van der Waals surface area (Å²) in [5, 5.41) is 7.85. The molecular weight excluding hydrogens is 336 g/mol. The molecule has 1 N–H and O–H groups in total. The minimum atomic E-state index is -0.0904. The number of halogens is 1. The summed E-state index contributed by atoms with van der Waals surface area (Å²) >= 11 is 3.46. The molecule has 0 aliphatic carbocycles. The predicted octanol–water partition coefficient (Wildman–Crippen LogP) is 0.840. The van der Waals surface area contributed by atoms with Crippen molar-refractivity contribution in [3.63, 3.8) is 0 Å². The number of aromatic nitrogens is 2. The predicted molar refractivity (Wildman–Crippen MR) is 84.8 cm³/mol. The number of anilines is 1. The van der Waals surface area contributed by atoms with Crippen LogP contribution in [0.1, 0.15) is 12.8 Å². The number of ether oxygens (including phenoxy) is 1. The second-order valence-electron chi connectivity index (χ2n) is 5.73. The number of hydrogen-bond acceptors (Lipinski definition) is 5. The highest BCUT2D eigenvalue weighted by molar-refractivity contribution is 9.10. The molecular formula is C14H21BrN4O2. The lowest BCUT2D eigenvalue weighted by atomic mass is 9.94. The molecule has 7 heteroatoms. The second kappa shape index (κ2) is 6.46. The molecule has 0 radical (unpaired) electrons. The van der Waals surface area contributed by atoms with Crippen LogP contribution in [0.25, 0.3) is 0 Å². The van der Waals surface area contributed by atoms with E-state index >= 15 is 0 Å². The number of rotatable bonds is 4. The van der Waals surface area contributed by atoms with Gasteiger partial charge < -0.3 is 15.0 Å². The zero-order chi connectivity index (χ0) is 14.8. The van der Waals surface area contributed by atoms with Crippen LogP contribution in [-0.2, 0) is 11.3 Å². The SMILES string of the molecule is COCCn1ncc(N2C[C@@H]3CCCN[C@@H]3C2)c(Br)c1=O. The Labute approximate surface area is 132 Å². The fourth-order valence-corrected chi connectivity index (χ4v) is 3.82. The smallest absolute Gasteiger partial charge is 0.283 e. The lowest BCUT2D eigenvalue weighted by Crippen LogP contribution is -2.40. The second-order valence-corrected chi connectivity index (χ2v) is 6.53. The summed E-state index contributed by atoms with van der Waals surface area (Å²) in [6.07, 6.45) is 4.30. The Hall–Kier alpha value is -0.920. The van der Waals surface area contributed by atoms with Crippen molar-refractivity contribution < 1.29 is 4.74 Å². The monoisotopic (exact) mass is 356 g/mol. The molecule has 2 fully saturated rings. The maximum Gasteiger partial charge on any atom is 0.283 e. The summed E-state index contributed by atoms with van der Waals surface area (Å²) in [4.78, 5) is 14.6. The summed E-state index contributed by atoms with van der Waals surface area (Å²) in [7, 11) is 1.62. The molecule has 116 valence electrons. The minimum absolute atomic E-state index is 0.0904. The number of fused-ring (bicyclic) bond motifs is 1. The van der Waals surface area contributed by atoms with Crippen molar-refractivity contribution in [3.8, 4) is 0 Å². The molecule has 0 bridgehead atoms. The Morgan fingerprint density at radius 3 is 3.14 bits per heavy atom. The van der Waals surface area contributed by atoms with Gasteiger partial charge in [0.05, 0.1) is 25.0 Å². The number of nitrogens with one attached hydrogen (secondary N) is 1. The van der Waals surface area contributed by atoms with Crippen LogP contribution < -0.4 is 15.8 Å². The van der Waals surface area contributed by atoms with Crippen LogP contribution in [0.15, 0.2) is 15.5 Å². The molecule has 21 heavy (non-hydrogen) atoms. The summed E-state index contributed by atoms with van der Waals surface area (Å²) < 4.78 is 7.05. The Bertz CT molecular complexity index is 548. The largest absolute Gasteiger partial charge is 0.383 e. The molecule has 3 rings (SSSR count). The normalized spacial score (nSPS) is 25.1. The van der Waals surface area contributed by atoms with Crippen LogP contribution >= 0.6 is 15.9 Å². The molecule has 1 aromatic rings. The number of piperidine rings is 1. The molecule has 3 heterocycles. The Morgan fingerprint density at radius 1 is 1.52 bits per heavy atom. The van der Waals surface area contributed by atoms with Gasteiger partial charge >= 0.3 is 0 Å². The average molecular weight is 357 g/mol. The Balaban J connectivity index is 1.80. The van der Waals surface area contributed by atoms with Crippen molar-refractivity contribution >= 4 is 21.6 Å². The van der Waals surface area contributed by atoms with Gasteiger partial charge in [-0.15, -0.1) is 0 Å². The third-order valence-electron chi connectivity index (χ3n) is 4.41. The molecule has 0 amide bonds. The van der Waals surface area contributed by atoms with Crippen LogP contribution in [0.3, 0.4) is 0 Å². The van der Waals surface area contributed by atoms with E-state index in [-0.39, 0.29) is 5.56 Å². The lowest BCUT2D eigenvalue weighted by Gasteiger charge is -2.24. The van der Waals surface area contributed by atoms with Gasteiger partial charge in [0, 0.05) is 26.2 Å². The van der Waals surface area contributed by atoms with Crippen molar-refractivity contribution in [2.75, 3.05) is 38.3 Å². The molecule has 0 saturated carbocycles. The first-order valence-electron chi connectivity index (χ1n) is 7.43. The summed E-state index contributed by atoms with van der Waals surface area (Å²) in [6.45, 7) is 4.01. The van der Waals surface area contributed by atoms with Crippen molar-refractivity contribution in [2.24, 2.45) is 5.92 Å². The van der Waals surface area contributed by atoms with Gasteiger partial charge in [-0.1, -0.05) is 0 Å². The van der Waals surface area contributed by atoms with Crippen LogP contribution in [0, 0.1) is 5.92 Å². The summed E-state index contributed by atoms with van der Waals surface area (Å²) in [5.74, 6) is 0.682. The van der Waals surface area contributed by atoms with E-state index in [0.29, 0.717) is 29.6 Å². The first-order chi connectivity index (χ1) is 10.2. The number of nitrogens with zero attached hydrogens (tertiary/aromatic N) is 3. The first kappa shape index (κ1) is 15.0. The van der Waals surface area contributed by atoms with E-state index in [2.05, 4.69) is 31.2 Å². The molecule has 2 saturated heterocycles. The van der Waals surface area contributed by atoms with E-state index in [1.165, 1.54) is 17.5 Å². The lowest BCUT2D eigenvalue weighted by molar-refractivity contribution is 0.181. The molecule has 6 nitrogen and oxygen atoms in total. The fraction of sp³-hybridized carbons (Fsp3) is 0.714. The standard InChI is InChI=1S/C14H21BrN4O2/c1-21-6-5-19-14(20)13(15)12(7-17-19)18-8-10-3-2-4-16-11(10)9-18/h7,10-11,16H,2-6,8-9H2,1H3/t10-,11+/m0/s1. The zero-order valence-corrected chi connectivity index (χ0v) is 13.8. The van der Waals surface area contributed by atoms with Crippen LogP contribution in [0.4, 0.5) is 5.69 Å². The molecule has 0 unspecified atom stereocenters. The summed E-state index contributed by atoms with van der Waals surface area (Å²) in [6, 6.07) is 0.543. The van der Waals surface area contributed by atoms with E-state index in [1.54, 1.807) is 13.3 Å². The van der Waals surface area contributed by atoms with Gasteiger partial charge in [-0.25, -0.2) is 4.68 Å². The van der Waals surface area contributed by atoms with Gasteiger partial charge in [-0.05, 0) is 41.2 Å². The quantitative estimate of drug-likeness (QED) is 0.866. The first-order valence-corrected chi connectivity index (χ1v) is 8.23. The molecule has 2 aliphatic rings. The Morgan fingerprint density at radius 2 is 2.38 bits per heavy atom. The average Bonchev–Trinajstić information content (AvgIpc) is 2.92. The third-order valence-corrected chi connectivity index (χ3v) is 5.16. The number of methoxy groups -OCH3 is 1. The summed E-state index contributed by atoms with van der Waals surface area (Å²) in [5.41, 5.74) is 0.817. The van der Waals surface area contributed by atoms with Crippen LogP contribution in [-0.4, -0.2) is 49.2 Å². The van der Waals surface area contributed by atoms with Gasteiger partial charge in [0.15, 0.2) is 0 Å². The molecule has 2 aliphatic heterocycles. The maximum atomic E-state index is 12.3. The van der Waals surface area contributed by atoms with Crippen LogP contribution in [0.5, 0.6) is 0 Å². The van der Waals surface area contributed by atoms with E-state index in [9.17, 15) is 4.79 Å². The van der Waals surface area contributed by atoms with E-state index in [1.807, 2.05) is 0 Å². The highest BCUT2D eigenvalue weighted by Crippen LogP contribution is 2.31. The van der Waals surface area contributed by atoms with Crippen molar-refractivity contribution in [3.05, 3.63) is 21.0 Å². The maximum absolute atomic E-state index is 12.3. The molecule has 1 aromatic heterocycles. The van der Waals surface area contributed by atoms with Gasteiger partial charge in [0.2, 0.25) is 0 Å². The number of hydrogen-bond donors (Lipinski definition) is 1. The van der Waals surface area contributed by atoms with Gasteiger partial charge in [-0.3, -0.25) is 4.79 Å².